The van der Waals surface area contributed by atoms with E-state index in [0.29, 0.717) is 10.6 Å². The van der Waals surface area contributed by atoms with Crippen molar-refractivity contribution < 1.29 is 22.9 Å². The van der Waals surface area contributed by atoms with Crippen molar-refractivity contribution in [2.75, 3.05) is 10.8 Å². The third kappa shape index (κ3) is 7.46. The smallest absolute Gasteiger partial charge is 0.269 e. The van der Waals surface area contributed by atoms with Crippen LogP contribution in [0.4, 0.5) is 11.4 Å². The molecular weight excluding hydrogens is 580 g/mol. The molecular formula is C30H33ClN4O6S. The lowest BCUT2D eigenvalue weighted by Gasteiger charge is -2.33. The van der Waals surface area contributed by atoms with Crippen molar-refractivity contribution in [3.8, 4) is 0 Å². The molecule has 1 aliphatic carbocycles. The van der Waals surface area contributed by atoms with Gasteiger partial charge in [-0.2, -0.15) is 0 Å². The summed E-state index contributed by atoms with van der Waals surface area (Å²) in [4.78, 5) is 39.3. The van der Waals surface area contributed by atoms with Gasteiger partial charge in [0, 0.05) is 29.7 Å². The highest BCUT2D eigenvalue weighted by atomic mass is 35.5. The SMILES string of the molecule is CC(C(=O)NC1CCCCC1)N(Cc1ccccc1Cl)C(=O)CN(c1ccc([N+](=O)[O-])cc1)S(=O)(=O)c1ccccc1. The maximum Gasteiger partial charge on any atom is 0.269 e. The van der Waals surface area contributed by atoms with Gasteiger partial charge in [-0.15, -0.1) is 0 Å². The number of carbonyl (C=O) groups excluding carboxylic acids is 2. The standard InChI is InChI=1S/C30H33ClN4O6S/c1-22(30(37)32-24-11-4-2-5-12-24)33(20-23-10-8-9-15-28(23)31)29(36)21-34(25-16-18-26(19-17-25)35(38)39)42(40,41)27-13-6-3-7-14-27/h3,6-10,13-19,22,24H,2,4-5,11-12,20-21H2,1H3,(H,32,37). The van der Waals surface area contributed by atoms with Crippen LogP contribution in [0.15, 0.2) is 83.8 Å². The van der Waals surface area contributed by atoms with Gasteiger partial charge in [0.15, 0.2) is 0 Å². The number of anilines is 1. The number of halogens is 1. The van der Waals surface area contributed by atoms with E-state index < -0.39 is 33.4 Å². The number of carbonyl (C=O) groups is 2. The molecule has 3 aromatic rings. The molecule has 1 atom stereocenters. The van der Waals surface area contributed by atoms with Crippen LogP contribution in [0.3, 0.4) is 0 Å². The molecule has 0 heterocycles. The molecule has 0 bridgehead atoms. The molecule has 2 amide bonds. The zero-order chi connectivity index (χ0) is 30.3. The van der Waals surface area contributed by atoms with Gasteiger partial charge in [0.2, 0.25) is 11.8 Å². The number of nitrogens with zero attached hydrogens (tertiary/aromatic N) is 3. The van der Waals surface area contributed by atoms with Crippen LogP contribution in [0.5, 0.6) is 0 Å². The minimum absolute atomic E-state index is 0.0148. The van der Waals surface area contributed by atoms with Crippen LogP contribution >= 0.6 is 11.6 Å². The van der Waals surface area contributed by atoms with Gasteiger partial charge in [-0.05, 0) is 55.7 Å². The van der Waals surface area contributed by atoms with Gasteiger partial charge < -0.3 is 10.2 Å². The summed E-state index contributed by atoms with van der Waals surface area (Å²) in [6.45, 7) is 0.923. The lowest BCUT2D eigenvalue weighted by atomic mass is 9.95. The summed E-state index contributed by atoms with van der Waals surface area (Å²) in [7, 11) is -4.28. The van der Waals surface area contributed by atoms with E-state index in [1.165, 1.54) is 41.3 Å². The highest BCUT2D eigenvalue weighted by Gasteiger charge is 2.33. The van der Waals surface area contributed by atoms with Crippen LogP contribution < -0.4 is 9.62 Å². The van der Waals surface area contributed by atoms with E-state index in [9.17, 15) is 28.1 Å². The largest absolute Gasteiger partial charge is 0.352 e. The zero-order valence-electron chi connectivity index (χ0n) is 23.2. The third-order valence-electron chi connectivity index (χ3n) is 7.38. The number of hydrogen-bond donors (Lipinski definition) is 1. The van der Waals surface area contributed by atoms with Crippen molar-refractivity contribution in [3.05, 3.63) is 99.6 Å². The van der Waals surface area contributed by atoms with Gasteiger partial charge in [-0.1, -0.05) is 67.3 Å². The summed E-state index contributed by atoms with van der Waals surface area (Å²) in [5.41, 5.74) is 0.433. The van der Waals surface area contributed by atoms with Gasteiger partial charge in [0.1, 0.15) is 12.6 Å². The van der Waals surface area contributed by atoms with E-state index in [1.54, 1.807) is 49.4 Å². The van der Waals surface area contributed by atoms with Gasteiger partial charge in [-0.25, -0.2) is 8.42 Å². The number of nitrogens with one attached hydrogen (secondary N) is 1. The Labute approximate surface area is 250 Å². The summed E-state index contributed by atoms with van der Waals surface area (Å²) in [6.07, 6.45) is 4.88. The summed E-state index contributed by atoms with van der Waals surface area (Å²) < 4.78 is 28.5. The maximum atomic E-state index is 14.0. The number of amides is 2. The molecule has 4 rings (SSSR count). The van der Waals surface area contributed by atoms with E-state index in [4.69, 9.17) is 11.6 Å². The molecule has 42 heavy (non-hydrogen) atoms. The predicted molar refractivity (Wildman–Crippen MR) is 161 cm³/mol. The fourth-order valence-electron chi connectivity index (χ4n) is 4.95. The Morgan fingerprint density at radius 1 is 0.976 bits per heavy atom. The van der Waals surface area contributed by atoms with Gasteiger partial charge in [0.25, 0.3) is 15.7 Å². The normalized spacial score (nSPS) is 14.5. The molecule has 1 N–H and O–H groups in total. The Morgan fingerprint density at radius 2 is 1.60 bits per heavy atom. The molecule has 12 heteroatoms. The molecule has 0 saturated heterocycles. The average Bonchev–Trinajstić information content (AvgIpc) is 3.00. The van der Waals surface area contributed by atoms with Gasteiger partial charge >= 0.3 is 0 Å². The predicted octanol–water partition coefficient (Wildman–Crippen LogP) is 5.31. The Bertz CT molecular complexity index is 1510. The Kier molecular flexibility index (Phi) is 10.2. The quantitative estimate of drug-likeness (QED) is 0.231. The molecule has 1 saturated carbocycles. The number of hydrogen-bond acceptors (Lipinski definition) is 6. The molecule has 0 aliphatic heterocycles. The van der Waals surface area contributed by atoms with Crippen molar-refractivity contribution in [1.82, 2.24) is 10.2 Å². The molecule has 0 aromatic heterocycles. The molecule has 1 unspecified atom stereocenters. The van der Waals surface area contributed by atoms with Crippen LogP contribution in [0, 0.1) is 10.1 Å². The summed E-state index contributed by atoms with van der Waals surface area (Å²) >= 11 is 6.41. The van der Waals surface area contributed by atoms with Crippen molar-refractivity contribution in [2.45, 2.75) is 62.6 Å². The fraction of sp³-hybridized carbons (Fsp3) is 0.333. The topological polar surface area (TPSA) is 130 Å². The summed E-state index contributed by atoms with van der Waals surface area (Å²) in [5, 5.41) is 14.7. The Hall–Kier alpha value is -3.96. The minimum Gasteiger partial charge on any atom is -0.352 e. The van der Waals surface area contributed by atoms with Crippen molar-refractivity contribution in [3.63, 3.8) is 0 Å². The number of rotatable bonds is 11. The lowest BCUT2D eigenvalue weighted by Crippen LogP contribution is -2.53. The molecule has 1 aliphatic rings. The zero-order valence-corrected chi connectivity index (χ0v) is 24.8. The minimum atomic E-state index is -4.28. The average molecular weight is 613 g/mol. The first-order valence-corrected chi connectivity index (χ1v) is 15.5. The maximum absolute atomic E-state index is 14.0. The Balaban J connectivity index is 1.69. The number of sulfonamides is 1. The molecule has 0 radical (unpaired) electrons. The van der Waals surface area contributed by atoms with Gasteiger partial charge in [0.05, 0.1) is 15.5 Å². The highest BCUT2D eigenvalue weighted by Crippen LogP contribution is 2.27. The number of nitro groups is 1. The first-order chi connectivity index (χ1) is 20.1. The molecule has 0 spiro atoms. The van der Waals surface area contributed by atoms with Crippen LogP contribution in [0.25, 0.3) is 0 Å². The van der Waals surface area contributed by atoms with Crippen LogP contribution in [0.2, 0.25) is 5.02 Å². The first kappa shape index (κ1) is 31.0. The number of nitro benzene ring substituents is 1. The molecule has 222 valence electrons. The fourth-order valence-corrected chi connectivity index (χ4v) is 6.58. The van der Waals surface area contributed by atoms with E-state index >= 15 is 0 Å². The highest BCUT2D eigenvalue weighted by molar-refractivity contribution is 7.92. The second-order valence-electron chi connectivity index (χ2n) is 10.2. The monoisotopic (exact) mass is 612 g/mol. The summed E-state index contributed by atoms with van der Waals surface area (Å²) in [5.74, 6) is -0.978. The first-order valence-electron chi connectivity index (χ1n) is 13.7. The second-order valence-corrected chi connectivity index (χ2v) is 12.5. The van der Waals surface area contributed by atoms with Crippen LogP contribution in [0.1, 0.15) is 44.6 Å². The molecule has 1 fully saturated rings. The molecule has 10 nitrogen and oxygen atoms in total. The van der Waals surface area contributed by atoms with E-state index in [-0.39, 0.29) is 34.8 Å². The lowest BCUT2D eigenvalue weighted by molar-refractivity contribution is -0.384. The molecule has 3 aromatic carbocycles. The van der Waals surface area contributed by atoms with Crippen molar-refractivity contribution in [1.29, 1.82) is 0 Å². The van der Waals surface area contributed by atoms with Crippen LogP contribution in [-0.4, -0.2) is 48.7 Å². The van der Waals surface area contributed by atoms with Gasteiger partial charge in [-0.3, -0.25) is 24.0 Å². The van der Waals surface area contributed by atoms with Crippen LogP contribution in [-0.2, 0) is 26.2 Å². The Morgan fingerprint density at radius 3 is 2.21 bits per heavy atom. The van der Waals surface area contributed by atoms with Crippen molar-refractivity contribution in [2.24, 2.45) is 0 Å². The van der Waals surface area contributed by atoms with E-state index in [2.05, 4.69) is 5.32 Å². The third-order valence-corrected chi connectivity index (χ3v) is 9.53. The second kappa shape index (κ2) is 13.8. The van der Waals surface area contributed by atoms with E-state index in [1.807, 2.05) is 0 Å². The number of non-ortho nitro benzene ring substituents is 1. The van der Waals surface area contributed by atoms with Crippen molar-refractivity contribution >= 4 is 44.8 Å². The summed E-state index contributed by atoms with van der Waals surface area (Å²) in [6, 6.07) is 18.5. The van der Waals surface area contributed by atoms with E-state index in [0.717, 1.165) is 36.4 Å². The number of benzene rings is 3.